The highest BCUT2D eigenvalue weighted by molar-refractivity contribution is 7.89. The van der Waals surface area contributed by atoms with Crippen LogP contribution in [0.5, 0.6) is 0 Å². The fraction of sp³-hybridized carbons (Fsp3) is 0.417. The smallest absolute Gasteiger partial charge is 0.258 e. The van der Waals surface area contributed by atoms with Gasteiger partial charge in [0, 0.05) is 12.1 Å². The monoisotopic (exact) mass is 331 g/mol. The number of aryl methyl sites for hydroxylation is 1. The van der Waals surface area contributed by atoms with Crippen LogP contribution in [0.2, 0.25) is 5.02 Å². The molecule has 114 valence electrons. The highest BCUT2D eigenvalue weighted by Gasteiger charge is 2.25. The van der Waals surface area contributed by atoms with Gasteiger partial charge in [-0.25, -0.2) is 13.1 Å². The van der Waals surface area contributed by atoms with Gasteiger partial charge in [-0.3, -0.25) is 10.1 Å². The maximum atomic E-state index is 12.3. The number of nitrogens with zero attached hydrogens (tertiary/aromatic N) is 2. The average Bonchev–Trinajstić information content (AvgIpc) is 2.37. The molecule has 0 amide bonds. The van der Waals surface area contributed by atoms with Crippen LogP contribution >= 0.6 is 11.6 Å². The number of benzene rings is 1. The predicted molar refractivity (Wildman–Crippen MR) is 77.5 cm³/mol. The molecule has 9 heteroatoms. The molecule has 0 spiro atoms. The fourth-order valence-corrected chi connectivity index (χ4v) is 3.59. The normalized spacial score (nSPS) is 12.7. The molecule has 0 saturated carbocycles. The Balaban J connectivity index is 3.29. The first kappa shape index (κ1) is 17.4. The number of halogens is 1. The Bertz CT molecular complexity index is 697. The molecule has 0 heterocycles. The standard InChI is InChI=1S/C12H14ClN3O4S/c1-3-9(4-5-14)15-21(19,20)12-7-11(16(17)18)10(13)6-8(12)2/h6-7,9,15H,3-4H2,1-2H3. The van der Waals surface area contributed by atoms with Crippen molar-refractivity contribution in [3.63, 3.8) is 0 Å². The molecule has 1 unspecified atom stereocenters. The summed E-state index contributed by atoms with van der Waals surface area (Å²) in [5.74, 6) is 0. The van der Waals surface area contributed by atoms with E-state index in [1.807, 2.05) is 6.07 Å². The summed E-state index contributed by atoms with van der Waals surface area (Å²) in [5, 5.41) is 19.4. The van der Waals surface area contributed by atoms with E-state index in [1.54, 1.807) is 6.92 Å². The highest BCUT2D eigenvalue weighted by Crippen LogP contribution is 2.30. The van der Waals surface area contributed by atoms with Crippen LogP contribution in [0, 0.1) is 28.4 Å². The average molecular weight is 332 g/mol. The lowest BCUT2D eigenvalue weighted by Crippen LogP contribution is -2.34. The molecule has 1 aromatic carbocycles. The van der Waals surface area contributed by atoms with Crippen molar-refractivity contribution in [2.75, 3.05) is 0 Å². The molecule has 0 aliphatic carbocycles. The summed E-state index contributed by atoms with van der Waals surface area (Å²) in [6, 6.07) is 3.51. The molecule has 1 rings (SSSR count). The van der Waals surface area contributed by atoms with Gasteiger partial charge >= 0.3 is 0 Å². The van der Waals surface area contributed by atoms with Gasteiger partial charge in [0.25, 0.3) is 5.69 Å². The van der Waals surface area contributed by atoms with Gasteiger partial charge in [0.1, 0.15) is 5.02 Å². The first-order chi connectivity index (χ1) is 9.72. The first-order valence-electron chi connectivity index (χ1n) is 6.06. The lowest BCUT2D eigenvalue weighted by atomic mass is 10.2. The van der Waals surface area contributed by atoms with Crippen molar-refractivity contribution >= 4 is 27.3 Å². The van der Waals surface area contributed by atoms with Gasteiger partial charge in [-0.05, 0) is 25.0 Å². The van der Waals surface area contributed by atoms with Crippen LogP contribution in [0.4, 0.5) is 5.69 Å². The molecule has 0 saturated heterocycles. The van der Waals surface area contributed by atoms with Crippen molar-refractivity contribution in [3.05, 3.63) is 32.8 Å². The Labute approximate surface area is 127 Å². The Hall–Kier alpha value is -1.69. The minimum atomic E-state index is -3.96. The van der Waals surface area contributed by atoms with Gasteiger partial charge in [-0.1, -0.05) is 18.5 Å². The van der Waals surface area contributed by atoms with Gasteiger partial charge < -0.3 is 0 Å². The third kappa shape index (κ3) is 4.14. The van der Waals surface area contributed by atoms with Crippen LogP contribution < -0.4 is 4.72 Å². The maximum absolute atomic E-state index is 12.3. The zero-order valence-corrected chi connectivity index (χ0v) is 13.0. The van der Waals surface area contributed by atoms with E-state index in [9.17, 15) is 18.5 Å². The van der Waals surface area contributed by atoms with E-state index in [1.165, 1.54) is 13.0 Å². The van der Waals surface area contributed by atoms with E-state index >= 15 is 0 Å². The predicted octanol–water partition coefficient (Wildman–Crippen LogP) is 2.53. The third-order valence-corrected chi connectivity index (χ3v) is 4.85. The molecule has 0 radical (unpaired) electrons. The van der Waals surface area contributed by atoms with Gasteiger partial charge in [-0.2, -0.15) is 5.26 Å². The zero-order chi connectivity index (χ0) is 16.2. The van der Waals surface area contributed by atoms with Crippen LogP contribution in [-0.4, -0.2) is 19.4 Å². The number of hydrogen-bond donors (Lipinski definition) is 1. The third-order valence-electron chi connectivity index (χ3n) is 2.88. The molecule has 0 aliphatic heterocycles. The molecule has 0 aliphatic rings. The summed E-state index contributed by atoms with van der Waals surface area (Å²) in [6.07, 6.45) is 0.450. The summed E-state index contributed by atoms with van der Waals surface area (Å²) in [7, 11) is -3.96. The summed E-state index contributed by atoms with van der Waals surface area (Å²) in [4.78, 5) is 9.90. The van der Waals surface area contributed by atoms with Crippen LogP contribution in [0.1, 0.15) is 25.3 Å². The lowest BCUT2D eigenvalue weighted by molar-refractivity contribution is -0.384. The van der Waals surface area contributed by atoms with Crippen molar-refractivity contribution in [3.8, 4) is 6.07 Å². The second kappa shape index (κ2) is 6.85. The largest absolute Gasteiger partial charge is 0.289 e. The molecule has 7 nitrogen and oxygen atoms in total. The van der Waals surface area contributed by atoms with E-state index in [0.29, 0.717) is 12.0 Å². The number of nitro benzene ring substituents is 1. The number of hydrogen-bond acceptors (Lipinski definition) is 5. The number of nitriles is 1. The van der Waals surface area contributed by atoms with Crippen LogP contribution in [0.3, 0.4) is 0 Å². The SMILES string of the molecule is CCC(CC#N)NS(=O)(=O)c1cc([N+](=O)[O-])c(Cl)cc1C. The van der Waals surface area contributed by atoms with Gasteiger partial charge in [0.15, 0.2) is 0 Å². The number of nitro groups is 1. The molecular weight excluding hydrogens is 318 g/mol. The molecule has 0 aromatic heterocycles. The topological polar surface area (TPSA) is 113 Å². The van der Waals surface area contributed by atoms with Crippen LogP contribution in [0.25, 0.3) is 0 Å². The number of rotatable bonds is 6. The molecule has 1 N–H and O–H groups in total. The van der Waals surface area contributed by atoms with E-state index in [4.69, 9.17) is 16.9 Å². The number of nitrogens with one attached hydrogen (secondary N) is 1. The summed E-state index contributed by atoms with van der Waals surface area (Å²) in [5.41, 5.74) is -0.180. The van der Waals surface area contributed by atoms with E-state index in [2.05, 4.69) is 4.72 Å². The quantitative estimate of drug-likeness (QED) is 0.635. The lowest BCUT2D eigenvalue weighted by Gasteiger charge is -2.15. The molecule has 0 bridgehead atoms. The van der Waals surface area contributed by atoms with E-state index in [-0.39, 0.29) is 16.3 Å². The maximum Gasteiger partial charge on any atom is 0.289 e. The van der Waals surface area contributed by atoms with Crippen LogP contribution in [-0.2, 0) is 10.0 Å². The first-order valence-corrected chi connectivity index (χ1v) is 7.92. The highest BCUT2D eigenvalue weighted by atomic mass is 35.5. The van der Waals surface area contributed by atoms with Gasteiger partial charge in [-0.15, -0.1) is 0 Å². The fourth-order valence-electron chi connectivity index (χ4n) is 1.73. The molecule has 0 fully saturated rings. The summed E-state index contributed by atoms with van der Waals surface area (Å²) >= 11 is 5.73. The van der Waals surface area contributed by atoms with Crippen molar-refractivity contribution in [1.29, 1.82) is 5.26 Å². The van der Waals surface area contributed by atoms with Crippen molar-refractivity contribution in [2.24, 2.45) is 0 Å². The van der Waals surface area contributed by atoms with Crippen LogP contribution in [0.15, 0.2) is 17.0 Å². The molecule has 1 aromatic rings. The Morgan fingerprint density at radius 1 is 1.52 bits per heavy atom. The Morgan fingerprint density at radius 3 is 2.62 bits per heavy atom. The number of sulfonamides is 1. The van der Waals surface area contributed by atoms with Gasteiger partial charge in [0.2, 0.25) is 10.0 Å². The molecule has 21 heavy (non-hydrogen) atoms. The Morgan fingerprint density at radius 2 is 2.14 bits per heavy atom. The van der Waals surface area contributed by atoms with E-state index < -0.39 is 26.7 Å². The minimum Gasteiger partial charge on any atom is -0.258 e. The van der Waals surface area contributed by atoms with E-state index in [0.717, 1.165) is 6.07 Å². The second-order valence-corrected chi connectivity index (χ2v) is 6.50. The van der Waals surface area contributed by atoms with Crippen molar-refractivity contribution in [2.45, 2.75) is 37.6 Å². The molecular formula is C12H14ClN3O4S. The summed E-state index contributed by atoms with van der Waals surface area (Å²) in [6.45, 7) is 3.23. The zero-order valence-electron chi connectivity index (χ0n) is 11.5. The van der Waals surface area contributed by atoms with Crippen molar-refractivity contribution in [1.82, 2.24) is 4.72 Å². The minimum absolute atomic E-state index is 0.0183. The molecule has 1 atom stereocenters. The second-order valence-electron chi connectivity index (χ2n) is 4.41. The van der Waals surface area contributed by atoms with Crippen molar-refractivity contribution < 1.29 is 13.3 Å². The van der Waals surface area contributed by atoms with Gasteiger partial charge in [0.05, 0.1) is 22.3 Å². The Kier molecular flexibility index (Phi) is 5.66. The summed E-state index contributed by atoms with van der Waals surface area (Å²) < 4.78 is 27.0.